The van der Waals surface area contributed by atoms with Gasteiger partial charge in [-0.1, -0.05) is 26.0 Å². The fourth-order valence-electron chi connectivity index (χ4n) is 5.85. The van der Waals surface area contributed by atoms with Crippen LogP contribution < -0.4 is 0 Å². The lowest BCUT2D eigenvalue weighted by Crippen LogP contribution is -2.66. The molecule has 9 heteroatoms. The van der Waals surface area contributed by atoms with E-state index in [1.807, 2.05) is 0 Å². The summed E-state index contributed by atoms with van der Waals surface area (Å²) in [7, 11) is 0. The molecule has 1 unspecified atom stereocenters. The number of hydrogen-bond acceptors (Lipinski definition) is 8. The van der Waals surface area contributed by atoms with Gasteiger partial charge in [-0.3, -0.25) is 9.59 Å². The number of hydrogen-bond donors (Lipinski definition) is 3. The molecule has 0 spiro atoms. The minimum absolute atomic E-state index is 0.0534. The smallest absolute Gasteiger partial charge is 0.312 e. The summed E-state index contributed by atoms with van der Waals surface area (Å²) >= 11 is 6.06. The van der Waals surface area contributed by atoms with E-state index in [1.165, 1.54) is 19.9 Å². The molecule has 2 heterocycles. The molecule has 0 amide bonds. The Balaban J connectivity index is 1.96. The molecular formula is C22H29ClO8. The molecule has 1 saturated carbocycles. The van der Waals surface area contributed by atoms with Crippen LogP contribution in [0.1, 0.15) is 27.7 Å². The van der Waals surface area contributed by atoms with Gasteiger partial charge < -0.3 is 29.5 Å². The molecule has 0 aromatic carbocycles. The van der Waals surface area contributed by atoms with E-state index in [0.29, 0.717) is 5.57 Å². The molecule has 0 bridgehead atoms. The SMILES string of the molecule is CC(=O)OC1[C@H]2[C@@H](C)[C@@H](O)[C@@H]3O[C@@H]3[C@]2(C)[C@@H](O)/C=C/C(CCl)=C\[C@@H]2OC(=O)[C@H](C)[C@@]12O. The van der Waals surface area contributed by atoms with Crippen molar-refractivity contribution < 1.29 is 39.1 Å². The Labute approximate surface area is 185 Å². The third kappa shape index (κ3) is 3.18. The molecular weight excluding hydrogens is 428 g/mol. The van der Waals surface area contributed by atoms with E-state index in [1.54, 1.807) is 26.0 Å². The number of epoxide rings is 1. The summed E-state index contributed by atoms with van der Waals surface area (Å²) in [5.41, 5.74) is -2.43. The molecule has 3 fully saturated rings. The average Bonchev–Trinajstić information content (AvgIpc) is 3.49. The number of allylic oxidation sites excluding steroid dienone is 2. The van der Waals surface area contributed by atoms with Gasteiger partial charge in [0.15, 0.2) is 11.7 Å². The summed E-state index contributed by atoms with van der Waals surface area (Å²) in [6, 6.07) is 0. The molecule has 8 nitrogen and oxygen atoms in total. The summed E-state index contributed by atoms with van der Waals surface area (Å²) in [6.45, 7) is 6.30. The van der Waals surface area contributed by atoms with Gasteiger partial charge in [0.2, 0.25) is 0 Å². The van der Waals surface area contributed by atoms with Crippen LogP contribution in [0.2, 0.25) is 0 Å². The van der Waals surface area contributed by atoms with Crippen LogP contribution in [-0.4, -0.2) is 75.4 Å². The van der Waals surface area contributed by atoms with Crippen LogP contribution in [-0.2, 0) is 23.8 Å². The first kappa shape index (κ1) is 22.7. The molecule has 0 aromatic rings. The number of halogens is 1. The zero-order valence-electron chi connectivity index (χ0n) is 17.9. The fraction of sp³-hybridized carbons (Fsp3) is 0.727. The van der Waals surface area contributed by atoms with E-state index in [-0.39, 0.29) is 5.88 Å². The number of aliphatic hydroxyl groups excluding tert-OH is 2. The van der Waals surface area contributed by atoms with Gasteiger partial charge in [0.1, 0.15) is 12.2 Å². The highest BCUT2D eigenvalue weighted by Gasteiger charge is 2.73. The Hall–Kier alpha value is -1.45. The first-order valence-electron chi connectivity index (χ1n) is 10.5. The van der Waals surface area contributed by atoms with Crippen molar-refractivity contribution in [2.75, 3.05) is 5.88 Å². The Morgan fingerprint density at radius 2 is 2.00 bits per heavy atom. The Kier molecular flexibility index (Phi) is 5.54. The first-order chi connectivity index (χ1) is 14.5. The van der Waals surface area contributed by atoms with E-state index in [0.717, 1.165) is 0 Å². The topological polar surface area (TPSA) is 126 Å². The van der Waals surface area contributed by atoms with E-state index in [9.17, 15) is 24.9 Å². The maximum atomic E-state index is 12.6. The third-order valence-electron chi connectivity index (χ3n) is 7.77. The monoisotopic (exact) mass is 456 g/mol. The second-order valence-corrected chi connectivity index (χ2v) is 9.71. The van der Waals surface area contributed by atoms with Crippen molar-refractivity contribution >= 4 is 23.5 Å². The third-order valence-corrected chi connectivity index (χ3v) is 8.08. The number of fused-ring (bicyclic) bond motifs is 4. The molecule has 31 heavy (non-hydrogen) atoms. The van der Waals surface area contributed by atoms with Crippen LogP contribution >= 0.6 is 11.6 Å². The molecule has 172 valence electrons. The van der Waals surface area contributed by atoms with E-state index < -0.39 is 77.3 Å². The van der Waals surface area contributed by atoms with E-state index in [4.69, 9.17) is 25.8 Å². The van der Waals surface area contributed by atoms with Gasteiger partial charge in [-0.05, 0) is 24.5 Å². The van der Waals surface area contributed by atoms with Gasteiger partial charge in [-0.25, -0.2) is 0 Å². The van der Waals surface area contributed by atoms with Crippen LogP contribution in [0.15, 0.2) is 23.8 Å². The number of carbonyl (C=O) groups excluding carboxylic acids is 2. The van der Waals surface area contributed by atoms with Crippen molar-refractivity contribution in [2.24, 2.45) is 23.2 Å². The van der Waals surface area contributed by atoms with Crippen molar-refractivity contribution in [3.05, 3.63) is 23.8 Å². The molecule has 4 rings (SSSR count). The molecule has 4 aliphatic rings. The number of esters is 2. The number of rotatable bonds is 2. The maximum absolute atomic E-state index is 12.6. The van der Waals surface area contributed by atoms with Crippen molar-refractivity contribution in [3.8, 4) is 0 Å². The zero-order chi connectivity index (χ0) is 22.9. The largest absolute Gasteiger partial charge is 0.459 e. The highest BCUT2D eigenvalue weighted by molar-refractivity contribution is 6.19. The quantitative estimate of drug-likeness (QED) is 0.315. The van der Waals surface area contributed by atoms with Crippen LogP contribution in [0.4, 0.5) is 0 Å². The summed E-state index contributed by atoms with van der Waals surface area (Å²) < 4.78 is 17.0. The molecule has 0 radical (unpaired) electrons. The van der Waals surface area contributed by atoms with E-state index in [2.05, 4.69) is 0 Å². The molecule has 0 aromatic heterocycles. The predicted molar refractivity (Wildman–Crippen MR) is 109 cm³/mol. The maximum Gasteiger partial charge on any atom is 0.312 e. The minimum Gasteiger partial charge on any atom is -0.459 e. The van der Waals surface area contributed by atoms with Gasteiger partial charge in [0.05, 0.1) is 24.2 Å². The van der Waals surface area contributed by atoms with Crippen LogP contribution in [0.3, 0.4) is 0 Å². The van der Waals surface area contributed by atoms with Crippen LogP contribution in [0.5, 0.6) is 0 Å². The second kappa shape index (κ2) is 7.56. The Morgan fingerprint density at radius 1 is 1.32 bits per heavy atom. The lowest BCUT2D eigenvalue weighted by molar-refractivity contribution is -0.213. The minimum atomic E-state index is -1.94. The number of aliphatic hydroxyl groups is 3. The van der Waals surface area contributed by atoms with Gasteiger partial charge in [-0.15, -0.1) is 11.6 Å². The summed E-state index contributed by atoms with van der Waals surface area (Å²) in [5, 5.41) is 34.1. The standard InChI is InChI=1S/C22H29ClO8/c1-9-15-18(29-11(3)24)22(28)10(2)20(27)30-14(22)7-12(8-23)5-6-13(25)21(15,4)19-17(31-19)16(9)26/h5-7,9-10,13-19,25-26,28H,8H2,1-4H3/b6-5+,12-7+/t9-,10+,13+,14+,15-,16-,17+,18?,19+,21-,22+/m1/s1. The van der Waals surface area contributed by atoms with Crippen molar-refractivity contribution in [1.82, 2.24) is 0 Å². The van der Waals surface area contributed by atoms with Crippen LogP contribution in [0, 0.1) is 23.2 Å². The normalized spacial score (nSPS) is 53.7. The second-order valence-electron chi connectivity index (χ2n) is 9.44. The highest BCUT2D eigenvalue weighted by atomic mass is 35.5. The van der Waals surface area contributed by atoms with Gasteiger partial charge in [-0.2, -0.15) is 0 Å². The molecule has 2 aliphatic heterocycles. The number of ether oxygens (including phenoxy) is 3. The van der Waals surface area contributed by atoms with Crippen molar-refractivity contribution in [2.45, 2.75) is 69.9 Å². The number of alkyl halides is 1. The van der Waals surface area contributed by atoms with Gasteiger partial charge in [0.25, 0.3) is 0 Å². The lowest BCUT2D eigenvalue weighted by Gasteiger charge is -2.53. The molecule has 2 saturated heterocycles. The van der Waals surface area contributed by atoms with Crippen molar-refractivity contribution in [3.63, 3.8) is 0 Å². The highest BCUT2D eigenvalue weighted by Crippen LogP contribution is 2.60. The summed E-state index contributed by atoms with van der Waals surface area (Å²) in [4.78, 5) is 24.7. The lowest BCUT2D eigenvalue weighted by atomic mass is 9.54. The van der Waals surface area contributed by atoms with Gasteiger partial charge in [0, 0.05) is 24.1 Å². The first-order valence-corrected chi connectivity index (χ1v) is 11.1. The summed E-state index contributed by atoms with van der Waals surface area (Å²) in [5.74, 6) is -3.53. The molecule has 2 aliphatic carbocycles. The van der Waals surface area contributed by atoms with E-state index >= 15 is 0 Å². The molecule has 11 atom stereocenters. The van der Waals surface area contributed by atoms with Crippen molar-refractivity contribution in [1.29, 1.82) is 0 Å². The zero-order valence-corrected chi connectivity index (χ0v) is 18.7. The number of carbonyl (C=O) groups is 2. The average molecular weight is 457 g/mol. The molecule has 3 N–H and O–H groups in total. The fourth-order valence-corrected chi connectivity index (χ4v) is 6.03. The van der Waals surface area contributed by atoms with Gasteiger partial charge >= 0.3 is 11.9 Å². The van der Waals surface area contributed by atoms with Crippen LogP contribution in [0.25, 0.3) is 0 Å². The Morgan fingerprint density at radius 3 is 2.61 bits per heavy atom. The summed E-state index contributed by atoms with van der Waals surface area (Å²) in [6.07, 6.45) is -0.560. The predicted octanol–water partition coefficient (Wildman–Crippen LogP) is 0.707. The Bertz CT molecular complexity index is 841.